The van der Waals surface area contributed by atoms with Gasteiger partial charge in [0.15, 0.2) is 5.82 Å². The highest BCUT2D eigenvalue weighted by molar-refractivity contribution is 5.38. The average Bonchev–Trinajstić information content (AvgIpc) is 2.58. The molecular weight excluding hydrogens is 293 g/mol. The lowest BCUT2D eigenvalue weighted by Gasteiger charge is -2.23. The molecule has 0 spiro atoms. The monoisotopic (exact) mass is 315 g/mol. The first-order valence-electron chi connectivity index (χ1n) is 8.25. The van der Waals surface area contributed by atoms with Crippen molar-refractivity contribution < 1.29 is 4.39 Å². The average molecular weight is 315 g/mol. The molecule has 23 heavy (non-hydrogen) atoms. The van der Waals surface area contributed by atoms with Crippen LogP contribution < -0.4 is 10.6 Å². The normalized spacial score (nSPS) is 15.3. The van der Waals surface area contributed by atoms with E-state index in [0.29, 0.717) is 30.5 Å². The summed E-state index contributed by atoms with van der Waals surface area (Å²) in [6.07, 6.45) is 8.45. The van der Waals surface area contributed by atoms with Gasteiger partial charge in [-0.1, -0.05) is 37.5 Å². The lowest BCUT2D eigenvalue weighted by Crippen LogP contribution is -2.23. The molecule has 1 aliphatic carbocycles. The van der Waals surface area contributed by atoms with Crippen LogP contribution in [0.1, 0.15) is 37.7 Å². The van der Waals surface area contributed by atoms with Gasteiger partial charge in [0.25, 0.3) is 0 Å². The third-order valence-electron chi connectivity index (χ3n) is 4.15. The van der Waals surface area contributed by atoms with E-state index in [9.17, 15) is 4.39 Å². The van der Waals surface area contributed by atoms with Crippen LogP contribution in [0.15, 0.2) is 30.5 Å². The molecule has 1 aromatic heterocycles. The number of anilines is 2. The highest BCUT2D eigenvalue weighted by atomic mass is 19.1. The summed E-state index contributed by atoms with van der Waals surface area (Å²) in [5.74, 6) is 1.04. The summed E-state index contributed by atoms with van der Waals surface area (Å²) in [7, 11) is 0. The molecule has 6 heteroatoms. The second-order valence-electron chi connectivity index (χ2n) is 5.91. The molecule has 1 saturated carbocycles. The molecule has 122 valence electrons. The minimum Gasteiger partial charge on any atom is -0.366 e. The molecule has 0 aliphatic heterocycles. The van der Waals surface area contributed by atoms with Crippen LogP contribution in [-0.2, 0) is 6.42 Å². The third kappa shape index (κ3) is 4.61. The molecule has 0 saturated heterocycles. The molecule has 5 nitrogen and oxygen atoms in total. The van der Waals surface area contributed by atoms with Crippen molar-refractivity contribution in [1.29, 1.82) is 0 Å². The lowest BCUT2D eigenvalue weighted by atomic mass is 9.96. The zero-order chi connectivity index (χ0) is 15.9. The SMILES string of the molecule is Fc1ccccc1CCNc1nncc(NC2CCCCC2)n1. The van der Waals surface area contributed by atoms with E-state index in [0.717, 1.165) is 5.82 Å². The highest BCUT2D eigenvalue weighted by Crippen LogP contribution is 2.20. The van der Waals surface area contributed by atoms with Gasteiger partial charge in [-0.2, -0.15) is 10.1 Å². The molecule has 0 bridgehead atoms. The molecule has 2 aromatic rings. The number of rotatable bonds is 6. The van der Waals surface area contributed by atoms with Crippen LogP contribution in [0.3, 0.4) is 0 Å². The summed E-state index contributed by atoms with van der Waals surface area (Å²) in [6.45, 7) is 0.565. The fourth-order valence-corrected chi connectivity index (χ4v) is 2.91. The van der Waals surface area contributed by atoms with Gasteiger partial charge in [0.1, 0.15) is 5.82 Å². The summed E-state index contributed by atoms with van der Waals surface area (Å²) >= 11 is 0. The van der Waals surface area contributed by atoms with Gasteiger partial charge in [0.2, 0.25) is 5.95 Å². The number of hydrogen-bond donors (Lipinski definition) is 2. The third-order valence-corrected chi connectivity index (χ3v) is 4.15. The molecule has 1 aromatic carbocycles. The molecule has 0 radical (unpaired) electrons. The number of nitrogens with one attached hydrogen (secondary N) is 2. The maximum Gasteiger partial charge on any atom is 0.244 e. The molecule has 1 heterocycles. The molecule has 1 aliphatic rings. The Hall–Kier alpha value is -2.24. The van der Waals surface area contributed by atoms with Crippen molar-refractivity contribution in [3.63, 3.8) is 0 Å². The highest BCUT2D eigenvalue weighted by Gasteiger charge is 2.13. The molecule has 1 fully saturated rings. The van der Waals surface area contributed by atoms with Crippen molar-refractivity contribution in [1.82, 2.24) is 15.2 Å². The number of hydrogen-bond acceptors (Lipinski definition) is 5. The Morgan fingerprint density at radius 2 is 1.96 bits per heavy atom. The zero-order valence-electron chi connectivity index (χ0n) is 13.1. The fraction of sp³-hybridized carbons (Fsp3) is 0.471. The Kier molecular flexibility index (Phi) is 5.34. The summed E-state index contributed by atoms with van der Waals surface area (Å²) in [5, 5.41) is 14.5. The predicted octanol–water partition coefficient (Wildman–Crippen LogP) is 3.41. The minimum atomic E-state index is -0.180. The number of nitrogens with zero attached hydrogens (tertiary/aromatic N) is 3. The second-order valence-corrected chi connectivity index (χ2v) is 5.91. The maximum atomic E-state index is 13.6. The number of benzene rings is 1. The van der Waals surface area contributed by atoms with Crippen LogP contribution in [-0.4, -0.2) is 27.8 Å². The molecule has 3 rings (SSSR count). The van der Waals surface area contributed by atoms with E-state index in [1.54, 1.807) is 18.3 Å². The predicted molar refractivity (Wildman–Crippen MR) is 88.9 cm³/mol. The quantitative estimate of drug-likeness (QED) is 0.855. The molecule has 0 atom stereocenters. The van der Waals surface area contributed by atoms with E-state index in [1.165, 1.54) is 38.2 Å². The van der Waals surface area contributed by atoms with E-state index in [-0.39, 0.29) is 5.82 Å². The Morgan fingerprint density at radius 1 is 1.13 bits per heavy atom. The first-order chi connectivity index (χ1) is 11.3. The van der Waals surface area contributed by atoms with Gasteiger partial charge in [0, 0.05) is 12.6 Å². The topological polar surface area (TPSA) is 62.7 Å². The van der Waals surface area contributed by atoms with Crippen molar-refractivity contribution in [2.24, 2.45) is 0 Å². The smallest absolute Gasteiger partial charge is 0.244 e. The van der Waals surface area contributed by atoms with Gasteiger partial charge < -0.3 is 10.6 Å². The summed E-state index contributed by atoms with van der Waals surface area (Å²) in [4.78, 5) is 4.43. The Balaban J connectivity index is 1.52. The number of aromatic nitrogens is 3. The van der Waals surface area contributed by atoms with Gasteiger partial charge >= 0.3 is 0 Å². The van der Waals surface area contributed by atoms with Gasteiger partial charge in [-0.25, -0.2) is 4.39 Å². The van der Waals surface area contributed by atoms with Gasteiger partial charge in [-0.3, -0.25) is 0 Å². The Morgan fingerprint density at radius 3 is 2.78 bits per heavy atom. The van der Waals surface area contributed by atoms with Gasteiger partial charge in [0.05, 0.1) is 6.20 Å². The van der Waals surface area contributed by atoms with Crippen molar-refractivity contribution in [2.45, 2.75) is 44.6 Å². The minimum absolute atomic E-state index is 0.180. The lowest BCUT2D eigenvalue weighted by molar-refractivity contribution is 0.461. The molecule has 0 amide bonds. The Bertz CT molecular complexity index is 628. The van der Waals surface area contributed by atoms with E-state index in [2.05, 4.69) is 25.8 Å². The van der Waals surface area contributed by atoms with E-state index in [1.807, 2.05) is 6.07 Å². The van der Waals surface area contributed by atoms with Crippen molar-refractivity contribution in [2.75, 3.05) is 17.2 Å². The van der Waals surface area contributed by atoms with Gasteiger partial charge in [-0.05, 0) is 30.9 Å². The number of halogens is 1. The second kappa shape index (κ2) is 7.85. The molecular formula is C17H22FN5. The van der Waals surface area contributed by atoms with Crippen molar-refractivity contribution in [3.8, 4) is 0 Å². The van der Waals surface area contributed by atoms with Crippen LogP contribution in [0.4, 0.5) is 16.2 Å². The molecule has 0 unspecified atom stereocenters. The van der Waals surface area contributed by atoms with E-state index in [4.69, 9.17) is 0 Å². The summed E-state index contributed by atoms with van der Waals surface area (Å²) < 4.78 is 13.6. The maximum absolute atomic E-state index is 13.6. The summed E-state index contributed by atoms with van der Waals surface area (Å²) in [6, 6.07) is 7.27. The zero-order valence-corrected chi connectivity index (χ0v) is 13.1. The van der Waals surface area contributed by atoms with Crippen LogP contribution in [0, 0.1) is 5.82 Å². The van der Waals surface area contributed by atoms with Crippen molar-refractivity contribution >= 4 is 11.8 Å². The summed E-state index contributed by atoms with van der Waals surface area (Å²) in [5.41, 5.74) is 0.685. The first-order valence-corrected chi connectivity index (χ1v) is 8.25. The first kappa shape index (κ1) is 15.6. The fourth-order valence-electron chi connectivity index (χ4n) is 2.91. The standard InChI is InChI=1S/C17H22FN5/c18-15-9-5-4-6-13(15)10-11-19-17-22-16(12-20-23-17)21-14-7-2-1-3-8-14/h4-6,9,12,14H,1-3,7-8,10-11H2,(H2,19,21,22,23). The van der Waals surface area contributed by atoms with Crippen molar-refractivity contribution in [3.05, 3.63) is 41.8 Å². The van der Waals surface area contributed by atoms with Crippen LogP contribution >= 0.6 is 0 Å². The van der Waals surface area contributed by atoms with E-state index < -0.39 is 0 Å². The molecule has 2 N–H and O–H groups in total. The van der Waals surface area contributed by atoms with Crippen LogP contribution in [0.25, 0.3) is 0 Å². The van der Waals surface area contributed by atoms with Crippen LogP contribution in [0.2, 0.25) is 0 Å². The Labute approximate surface area is 135 Å². The van der Waals surface area contributed by atoms with E-state index >= 15 is 0 Å². The largest absolute Gasteiger partial charge is 0.366 e. The van der Waals surface area contributed by atoms with Crippen LogP contribution in [0.5, 0.6) is 0 Å². The van der Waals surface area contributed by atoms with Gasteiger partial charge in [-0.15, -0.1) is 5.10 Å².